The van der Waals surface area contributed by atoms with Gasteiger partial charge < -0.3 is 0 Å². The molecule has 0 radical (unpaired) electrons. The van der Waals surface area contributed by atoms with E-state index in [1.807, 2.05) is 0 Å². The van der Waals surface area contributed by atoms with Crippen molar-refractivity contribution in [1.29, 1.82) is 0 Å². The van der Waals surface area contributed by atoms with Gasteiger partial charge in [-0.3, -0.25) is 0 Å². The molecule has 0 aliphatic heterocycles. The largest absolute Gasteiger partial charge is 0.178 e. The fraction of sp³-hybridized carbons (Fsp3) is 0.0952. The van der Waals surface area contributed by atoms with Crippen LogP contribution in [0.2, 0.25) is 0 Å². The molecule has 1 aliphatic carbocycles. The number of hydrogen-bond acceptors (Lipinski definition) is 0. The number of benzene rings is 12. The van der Waals surface area contributed by atoms with E-state index in [0.717, 1.165) is 0 Å². The third kappa shape index (κ3) is 9.50. The van der Waals surface area contributed by atoms with Gasteiger partial charge in [0.1, 0.15) is 0 Å². The smallest absolute Gasteiger partial charge is 0.0636 e. The Morgan fingerprint density at radius 3 is 0.635 bits per heavy atom. The normalized spacial score (nSPS) is 13.4. The molecule has 0 nitrogen and oxygen atoms in total. The summed E-state index contributed by atoms with van der Waals surface area (Å²) in [7, 11) is -4.10. The molecule has 0 N–H and O–H groups in total. The number of hydrogen-bond donors (Lipinski definition) is 0. The highest BCUT2D eigenvalue weighted by atomic mass is 28.3. The van der Waals surface area contributed by atoms with E-state index in [1.54, 1.807) is 0 Å². The van der Waals surface area contributed by atoms with Crippen LogP contribution in [-0.2, 0) is 0 Å². The molecule has 0 aromatic heterocycles. The van der Waals surface area contributed by atoms with Crippen LogP contribution in [0.1, 0.15) is 44.4 Å². The van der Waals surface area contributed by atoms with Gasteiger partial charge in [0.25, 0.3) is 0 Å². The van der Waals surface area contributed by atoms with Gasteiger partial charge in [-0.2, -0.15) is 0 Å². The Kier molecular flexibility index (Phi) is 14.9. The van der Waals surface area contributed by atoms with E-state index < -0.39 is 8.07 Å². The molecule has 0 spiro atoms. The van der Waals surface area contributed by atoms with Crippen LogP contribution in [-0.4, -0.2) is 8.07 Å². The molecular weight excluding hydrogens is 1040 g/mol. The summed E-state index contributed by atoms with van der Waals surface area (Å²) in [6.07, 6.45) is 0. The van der Waals surface area contributed by atoms with Gasteiger partial charge in [-0.15, -0.1) is 0 Å². The first kappa shape index (κ1) is 54.6. The lowest BCUT2D eigenvalue weighted by molar-refractivity contribution is 0.852. The second kappa shape index (κ2) is 23.2. The van der Waals surface area contributed by atoms with Crippen molar-refractivity contribution >= 4 is 23.6 Å². The molecule has 0 saturated heterocycles. The molecular formula is C84H70Si. The van der Waals surface area contributed by atoms with Gasteiger partial charge in [0.05, 0.1) is 0 Å². The van der Waals surface area contributed by atoms with Crippen molar-refractivity contribution in [2.45, 2.75) is 48.5 Å². The lowest BCUT2D eigenvalue weighted by atomic mass is 9.85. The molecule has 1 heteroatoms. The van der Waals surface area contributed by atoms with Crippen LogP contribution in [0.3, 0.4) is 0 Å². The maximum absolute atomic E-state index is 4.10. The van der Waals surface area contributed by atoms with Gasteiger partial charge in [-0.25, -0.2) is 0 Å². The minimum Gasteiger partial charge on any atom is -0.0636 e. The van der Waals surface area contributed by atoms with Crippen molar-refractivity contribution in [3.8, 4) is 100 Å². The van der Waals surface area contributed by atoms with E-state index in [-0.39, 0.29) is 5.92 Å². The van der Waals surface area contributed by atoms with E-state index in [9.17, 15) is 0 Å². The Morgan fingerprint density at radius 2 is 0.435 bits per heavy atom. The highest BCUT2D eigenvalue weighted by Crippen LogP contribution is 2.51. The van der Waals surface area contributed by atoms with Gasteiger partial charge in [0.15, 0.2) is 8.07 Å². The molecule has 0 bridgehead atoms. The van der Waals surface area contributed by atoms with Crippen LogP contribution in [0.15, 0.2) is 313 Å². The van der Waals surface area contributed by atoms with Crippen LogP contribution in [0.4, 0.5) is 0 Å². The SMILES string of the molecule is CC1=C(C)C(C)C([Si](c2cc(-c3ccccc3)c(C)c(-c3ccccc3)c2-c2ccccc2)(c2cc(-c3ccccc3)c(C)c(-c3ccccc3)c2-c2ccccc2)c2cc(-c3ccccc3)c(C)c(-c3ccccc3)c2-c2ccccc2)=C1C. The van der Waals surface area contributed by atoms with Crippen molar-refractivity contribution in [3.05, 3.63) is 330 Å². The third-order valence-electron chi connectivity index (χ3n) is 18.6. The first-order valence-electron chi connectivity index (χ1n) is 30.1. The molecule has 85 heavy (non-hydrogen) atoms. The number of rotatable bonds is 13. The Bertz CT molecular complexity index is 4030. The predicted octanol–water partition coefficient (Wildman–Crippen LogP) is 20.9. The lowest BCUT2D eigenvalue weighted by Gasteiger charge is -2.44. The fourth-order valence-corrected chi connectivity index (χ4v) is 20.8. The summed E-state index contributed by atoms with van der Waals surface area (Å²) < 4.78 is 0. The molecule has 12 aromatic carbocycles. The zero-order chi connectivity index (χ0) is 58.2. The number of allylic oxidation sites excluding steroid dienone is 4. The second-order valence-corrected chi connectivity index (χ2v) is 26.8. The van der Waals surface area contributed by atoms with E-state index in [0.29, 0.717) is 0 Å². The molecule has 0 heterocycles. The molecule has 12 aromatic rings. The predicted molar refractivity (Wildman–Crippen MR) is 367 cm³/mol. The van der Waals surface area contributed by atoms with Gasteiger partial charge in [-0.1, -0.05) is 314 Å². The van der Waals surface area contributed by atoms with Crippen LogP contribution < -0.4 is 15.6 Å². The second-order valence-electron chi connectivity index (χ2n) is 23.2. The fourth-order valence-electron chi connectivity index (χ4n) is 14.4. The van der Waals surface area contributed by atoms with Crippen molar-refractivity contribution < 1.29 is 0 Å². The quantitative estimate of drug-likeness (QED) is 0.0797. The third-order valence-corrected chi connectivity index (χ3v) is 23.9. The van der Waals surface area contributed by atoms with E-state index in [1.165, 1.54) is 154 Å². The van der Waals surface area contributed by atoms with Gasteiger partial charge in [0.2, 0.25) is 0 Å². The van der Waals surface area contributed by atoms with E-state index >= 15 is 0 Å². The molecule has 13 rings (SSSR count). The summed E-state index contributed by atoms with van der Waals surface area (Å²) >= 11 is 0. The molecule has 1 atom stereocenters. The lowest BCUT2D eigenvalue weighted by Crippen LogP contribution is -2.71. The van der Waals surface area contributed by atoms with Gasteiger partial charge in [-0.05, 0) is 185 Å². The minimum absolute atomic E-state index is 0.0486. The Hall–Kier alpha value is -9.66. The average molecular weight is 1110 g/mol. The zero-order valence-corrected chi connectivity index (χ0v) is 50.8. The van der Waals surface area contributed by atoms with Crippen LogP contribution in [0, 0.1) is 26.7 Å². The Balaban J connectivity index is 1.44. The molecule has 0 saturated carbocycles. The van der Waals surface area contributed by atoms with Crippen molar-refractivity contribution in [2.75, 3.05) is 0 Å². The highest BCUT2D eigenvalue weighted by Gasteiger charge is 2.53. The van der Waals surface area contributed by atoms with E-state index in [4.69, 9.17) is 0 Å². The summed E-state index contributed by atoms with van der Waals surface area (Å²) in [5.74, 6) is 0.0486. The topological polar surface area (TPSA) is 0 Å². The van der Waals surface area contributed by atoms with Gasteiger partial charge in [0, 0.05) is 0 Å². The zero-order valence-electron chi connectivity index (χ0n) is 49.8. The van der Waals surface area contributed by atoms with E-state index in [2.05, 4.69) is 340 Å². The molecule has 1 unspecified atom stereocenters. The summed E-state index contributed by atoms with van der Waals surface area (Å²) in [5, 5.41) is 5.61. The molecule has 410 valence electrons. The highest BCUT2D eigenvalue weighted by molar-refractivity contribution is 7.18. The molecule has 1 aliphatic rings. The first-order chi connectivity index (χ1) is 41.7. The van der Waals surface area contributed by atoms with Crippen molar-refractivity contribution in [1.82, 2.24) is 0 Å². The van der Waals surface area contributed by atoms with Gasteiger partial charge >= 0.3 is 0 Å². The summed E-state index contributed by atoms with van der Waals surface area (Å²) in [4.78, 5) is 0. The summed E-state index contributed by atoms with van der Waals surface area (Å²) in [6.45, 7) is 17.0. The van der Waals surface area contributed by atoms with Crippen LogP contribution in [0.5, 0.6) is 0 Å². The monoisotopic (exact) mass is 1110 g/mol. The van der Waals surface area contributed by atoms with Crippen LogP contribution in [0.25, 0.3) is 100 Å². The average Bonchev–Trinajstić information content (AvgIpc) is 1.83. The van der Waals surface area contributed by atoms with Crippen LogP contribution >= 0.6 is 0 Å². The first-order valence-corrected chi connectivity index (χ1v) is 32.1. The molecule has 0 amide bonds. The standard InChI is InChI=1S/C84H70Si/c1-56-57(2)59(4)84(58(56)3)85(75-53-72(63-35-17-8-18-36-63)60(5)78(66-41-23-11-24-42-66)81(75)69-47-29-14-30-48-69,76-54-73(64-37-19-9-20-38-64)61(6)79(67-43-25-12-26-44-67)82(76)70-49-31-15-32-50-70)77-55-74(65-39-21-10-22-40-65)62(7)80(68-45-27-13-28-46-68)83(77)71-51-33-16-34-52-71/h8-55,58H,1-7H3. The summed E-state index contributed by atoms with van der Waals surface area (Å²) in [5.41, 5.74) is 30.0. The Morgan fingerprint density at radius 1 is 0.235 bits per heavy atom. The molecule has 0 fully saturated rings. The maximum atomic E-state index is 2.72. The maximum Gasteiger partial charge on any atom is 0.178 e. The van der Waals surface area contributed by atoms with Crippen molar-refractivity contribution in [2.24, 2.45) is 5.92 Å². The van der Waals surface area contributed by atoms with Crippen molar-refractivity contribution in [3.63, 3.8) is 0 Å². The minimum atomic E-state index is -4.10. The summed E-state index contributed by atoms with van der Waals surface area (Å²) in [6, 6.07) is 110. The Labute approximate surface area is 504 Å².